The van der Waals surface area contributed by atoms with Crippen LogP contribution < -0.4 is 5.73 Å². The Kier molecular flexibility index (Phi) is 4.38. The predicted molar refractivity (Wildman–Crippen MR) is 118 cm³/mol. The monoisotopic (exact) mass is 464 g/mol. The molecule has 0 saturated carbocycles. The van der Waals surface area contributed by atoms with Crippen molar-refractivity contribution in [2.75, 3.05) is 6.54 Å². The number of rotatable bonds is 4. The zero-order valence-electron chi connectivity index (χ0n) is 14.8. The molecule has 0 atom stereocenters. The lowest BCUT2D eigenvalue weighted by Crippen LogP contribution is -2.14. The van der Waals surface area contributed by atoms with E-state index in [1.165, 1.54) is 15.3 Å². The van der Waals surface area contributed by atoms with Gasteiger partial charge in [-0.3, -0.25) is 4.40 Å². The molecule has 0 aliphatic heterocycles. The molecule has 0 spiro atoms. The molecule has 148 valence electrons. The van der Waals surface area contributed by atoms with E-state index in [4.69, 9.17) is 28.9 Å². The maximum absolute atomic E-state index is 13.7. The van der Waals surface area contributed by atoms with Gasteiger partial charge in [-0.25, -0.2) is 8.96 Å². The van der Waals surface area contributed by atoms with Crippen LogP contribution in [0, 0.1) is 0 Å². The van der Waals surface area contributed by atoms with Gasteiger partial charge in [-0.2, -0.15) is 8.42 Å². The van der Waals surface area contributed by atoms with Crippen molar-refractivity contribution in [2.45, 2.75) is 11.4 Å². The maximum atomic E-state index is 13.7. The Morgan fingerprint density at radius 3 is 2.69 bits per heavy atom. The van der Waals surface area contributed by atoms with Crippen LogP contribution in [0.25, 0.3) is 26.1 Å². The molecule has 5 rings (SSSR count). The molecular weight excluding hydrogens is 451 g/mol. The summed E-state index contributed by atoms with van der Waals surface area (Å²) in [4.78, 5) is 4.82. The number of hydrogen-bond donors (Lipinski definition) is 1. The number of nitrogens with two attached hydrogens (primary N) is 1. The summed E-state index contributed by atoms with van der Waals surface area (Å²) in [5.41, 5.74) is 7.79. The van der Waals surface area contributed by atoms with Crippen LogP contribution in [0.2, 0.25) is 10.2 Å². The second-order valence-corrected chi connectivity index (χ2v) is 10.1. The third kappa shape index (κ3) is 2.78. The van der Waals surface area contributed by atoms with E-state index in [-0.39, 0.29) is 10.2 Å². The highest BCUT2D eigenvalue weighted by molar-refractivity contribution is 7.90. The molecule has 5 aromatic rings. The fraction of sp³-hybridized carbons (Fsp3) is 0.105. The zero-order valence-corrected chi connectivity index (χ0v) is 18.0. The van der Waals surface area contributed by atoms with Crippen molar-refractivity contribution < 1.29 is 8.42 Å². The van der Waals surface area contributed by atoms with Gasteiger partial charge in [0, 0.05) is 16.6 Å². The van der Waals surface area contributed by atoms with Crippen molar-refractivity contribution in [3.8, 4) is 0 Å². The molecule has 3 aromatic heterocycles. The van der Waals surface area contributed by atoms with Crippen molar-refractivity contribution in [2.24, 2.45) is 5.73 Å². The van der Waals surface area contributed by atoms with E-state index in [0.29, 0.717) is 28.5 Å². The fourth-order valence-electron chi connectivity index (χ4n) is 3.58. The second-order valence-electron chi connectivity index (χ2n) is 6.55. The number of benzene rings is 2. The molecular formula is C19H14Cl2N4O2S2. The first-order valence-corrected chi connectivity index (χ1v) is 11.7. The number of imidazole rings is 1. The molecule has 10 heteroatoms. The lowest BCUT2D eigenvalue weighted by Gasteiger charge is -2.08. The van der Waals surface area contributed by atoms with Gasteiger partial charge in [0.25, 0.3) is 10.0 Å². The number of halogens is 2. The van der Waals surface area contributed by atoms with Gasteiger partial charge in [-0.05, 0) is 48.9 Å². The molecule has 0 saturated heterocycles. The summed E-state index contributed by atoms with van der Waals surface area (Å²) in [5, 5.41) is 1.16. The topological polar surface area (TPSA) is 82.4 Å². The number of aromatic nitrogens is 3. The number of fused-ring (bicyclic) bond motifs is 4. The predicted octanol–water partition coefficient (Wildman–Crippen LogP) is 4.55. The average Bonchev–Trinajstić information content (AvgIpc) is 3.31. The first-order valence-electron chi connectivity index (χ1n) is 8.72. The molecule has 0 fully saturated rings. The van der Waals surface area contributed by atoms with E-state index in [2.05, 4.69) is 4.98 Å². The van der Waals surface area contributed by atoms with E-state index in [9.17, 15) is 8.42 Å². The van der Waals surface area contributed by atoms with Gasteiger partial charge >= 0.3 is 0 Å². The number of nitrogens with zero attached hydrogens (tertiary/aromatic N) is 3. The van der Waals surface area contributed by atoms with Gasteiger partial charge in [0.15, 0.2) is 10.1 Å². The van der Waals surface area contributed by atoms with E-state index in [0.717, 1.165) is 21.2 Å². The Morgan fingerprint density at radius 2 is 1.90 bits per heavy atom. The Morgan fingerprint density at radius 1 is 1.10 bits per heavy atom. The first kappa shape index (κ1) is 18.9. The lowest BCUT2D eigenvalue weighted by molar-refractivity contribution is 0.584. The van der Waals surface area contributed by atoms with Crippen molar-refractivity contribution >= 4 is 70.6 Å². The van der Waals surface area contributed by atoms with Gasteiger partial charge in [0.05, 0.1) is 15.7 Å². The fourth-order valence-corrected chi connectivity index (χ4v) is 6.88. The number of thiazole rings is 1. The van der Waals surface area contributed by atoms with Gasteiger partial charge < -0.3 is 5.73 Å². The molecule has 29 heavy (non-hydrogen) atoms. The quantitative estimate of drug-likeness (QED) is 0.422. The second kappa shape index (κ2) is 6.72. The van der Waals surface area contributed by atoms with Gasteiger partial charge in [0.2, 0.25) is 5.03 Å². The standard InChI is InChI=1S/C19H14Cl2N4O2S2/c20-12-5-6-14-13(9-12)11(7-8-22)10-24(14)29(26,27)18-17(21)23-19-25(18)15-3-1-2-4-16(15)28-19/h1-6,9-10H,7-8,22H2. The number of para-hydroxylation sites is 1. The summed E-state index contributed by atoms with van der Waals surface area (Å²) in [6.07, 6.45) is 2.11. The van der Waals surface area contributed by atoms with Crippen LogP contribution in [0.3, 0.4) is 0 Å². The van der Waals surface area contributed by atoms with Crippen LogP contribution >= 0.6 is 34.5 Å². The summed E-state index contributed by atoms with van der Waals surface area (Å²) >= 11 is 13.9. The molecule has 6 nitrogen and oxygen atoms in total. The van der Waals surface area contributed by atoms with E-state index < -0.39 is 10.0 Å². The van der Waals surface area contributed by atoms with Crippen molar-refractivity contribution in [3.05, 3.63) is 64.4 Å². The van der Waals surface area contributed by atoms with Crippen LogP contribution in [-0.4, -0.2) is 28.3 Å². The molecule has 2 N–H and O–H groups in total. The average molecular weight is 465 g/mol. The minimum atomic E-state index is -4.04. The van der Waals surface area contributed by atoms with Crippen LogP contribution in [-0.2, 0) is 16.4 Å². The number of hydrogen-bond acceptors (Lipinski definition) is 5. The summed E-state index contributed by atoms with van der Waals surface area (Å²) in [7, 11) is -4.04. The highest BCUT2D eigenvalue weighted by Gasteiger charge is 2.30. The largest absolute Gasteiger partial charge is 0.330 e. The molecule has 0 unspecified atom stereocenters. The normalized spacial score (nSPS) is 12.5. The van der Waals surface area contributed by atoms with Crippen LogP contribution in [0.5, 0.6) is 0 Å². The molecule has 0 radical (unpaired) electrons. The van der Waals surface area contributed by atoms with E-state index in [1.807, 2.05) is 24.3 Å². The SMILES string of the molecule is NCCc1cn(S(=O)(=O)c2c(Cl)nc3sc4ccccc4n23)c2ccc(Cl)cc12. The Bertz CT molecular complexity index is 1520. The van der Waals surface area contributed by atoms with E-state index >= 15 is 0 Å². The van der Waals surface area contributed by atoms with Gasteiger partial charge in [0.1, 0.15) is 0 Å². The Labute approximate surface area is 180 Å². The van der Waals surface area contributed by atoms with Crippen molar-refractivity contribution in [1.29, 1.82) is 0 Å². The first-order chi connectivity index (χ1) is 13.9. The van der Waals surface area contributed by atoms with Crippen LogP contribution in [0.1, 0.15) is 5.56 Å². The maximum Gasteiger partial charge on any atom is 0.287 e. The van der Waals surface area contributed by atoms with Crippen molar-refractivity contribution in [3.63, 3.8) is 0 Å². The van der Waals surface area contributed by atoms with Gasteiger partial charge in [-0.15, -0.1) is 0 Å². The molecule has 0 amide bonds. The summed E-state index contributed by atoms with van der Waals surface area (Å²) in [6, 6.07) is 12.6. The molecule has 0 aliphatic rings. The molecule has 0 aliphatic carbocycles. The minimum absolute atomic E-state index is 0.0572. The summed E-state index contributed by atoms with van der Waals surface area (Å²) in [6.45, 7) is 0.387. The summed E-state index contributed by atoms with van der Waals surface area (Å²) < 4.78 is 31.3. The van der Waals surface area contributed by atoms with Gasteiger partial charge in [-0.1, -0.05) is 46.7 Å². The van der Waals surface area contributed by atoms with Crippen LogP contribution in [0.4, 0.5) is 0 Å². The third-order valence-corrected chi connectivity index (χ3v) is 8.12. The Balaban J connectivity index is 1.85. The molecule has 3 heterocycles. The van der Waals surface area contributed by atoms with Crippen molar-refractivity contribution in [1.82, 2.24) is 13.4 Å². The third-order valence-electron chi connectivity index (χ3n) is 4.80. The highest BCUT2D eigenvalue weighted by atomic mass is 35.5. The smallest absolute Gasteiger partial charge is 0.287 e. The highest BCUT2D eigenvalue weighted by Crippen LogP contribution is 2.35. The Hall–Kier alpha value is -2.10. The van der Waals surface area contributed by atoms with E-state index in [1.54, 1.807) is 28.8 Å². The lowest BCUT2D eigenvalue weighted by atomic mass is 10.1. The zero-order chi connectivity index (χ0) is 20.3. The summed E-state index contributed by atoms with van der Waals surface area (Å²) in [5.74, 6) is 0. The molecule has 0 bridgehead atoms. The minimum Gasteiger partial charge on any atom is -0.330 e. The molecule has 2 aromatic carbocycles. The van der Waals surface area contributed by atoms with Crippen LogP contribution in [0.15, 0.2) is 53.7 Å².